The Hall–Kier alpha value is -3.21. The Kier molecular flexibility index (Phi) is 5.59. The molecule has 0 aliphatic rings. The molecule has 5 heteroatoms. The minimum Gasteiger partial charge on any atom is -0.348 e. The maximum Gasteiger partial charge on any atom is 0.270 e. The first-order valence-electron chi connectivity index (χ1n) is 8.61. The first-order chi connectivity index (χ1) is 12.6. The molecule has 26 heavy (non-hydrogen) atoms. The van der Waals surface area contributed by atoms with Gasteiger partial charge in [-0.1, -0.05) is 60.7 Å². The van der Waals surface area contributed by atoms with E-state index in [9.17, 15) is 4.79 Å². The lowest BCUT2D eigenvalue weighted by Crippen LogP contribution is -2.24. The molecule has 0 radical (unpaired) electrons. The maximum absolute atomic E-state index is 12.4. The summed E-state index contributed by atoms with van der Waals surface area (Å²) < 4.78 is 0. The van der Waals surface area contributed by atoms with Crippen molar-refractivity contribution in [3.63, 3.8) is 0 Å². The second kappa shape index (κ2) is 8.25. The van der Waals surface area contributed by atoms with E-state index in [1.165, 1.54) is 0 Å². The molecular weight excluding hydrogens is 324 g/mol. The number of hydrogen-bond acceptors (Lipinski definition) is 4. The highest BCUT2D eigenvalue weighted by Crippen LogP contribution is 2.17. The van der Waals surface area contributed by atoms with Gasteiger partial charge in [-0.2, -0.15) is 0 Å². The van der Waals surface area contributed by atoms with Crippen LogP contribution in [0.5, 0.6) is 0 Å². The largest absolute Gasteiger partial charge is 0.348 e. The monoisotopic (exact) mass is 346 g/mol. The lowest BCUT2D eigenvalue weighted by Gasteiger charge is -2.15. The Bertz CT molecular complexity index is 866. The van der Waals surface area contributed by atoms with Crippen LogP contribution in [0, 0.1) is 6.92 Å². The van der Waals surface area contributed by atoms with E-state index in [-0.39, 0.29) is 11.9 Å². The van der Waals surface area contributed by atoms with Gasteiger partial charge in [0.05, 0.1) is 6.04 Å². The van der Waals surface area contributed by atoms with E-state index in [4.69, 9.17) is 0 Å². The molecule has 3 aromatic rings. The number of anilines is 1. The predicted molar refractivity (Wildman–Crippen MR) is 103 cm³/mol. The standard InChI is InChI=1S/C21H22N4O/c1-15-13-19(20(26)22-14-17-9-5-3-6-10-17)25-21(23-15)24-16(2)18-11-7-4-8-12-18/h3-13,16H,14H2,1-2H3,(H,22,26)(H,23,24,25). The summed E-state index contributed by atoms with van der Waals surface area (Å²) in [5.74, 6) is 0.237. The van der Waals surface area contributed by atoms with Crippen molar-refractivity contribution in [1.82, 2.24) is 15.3 Å². The summed E-state index contributed by atoms with van der Waals surface area (Å²) in [5, 5.41) is 6.16. The van der Waals surface area contributed by atoms with Gasteiger partial charge in [0.25, 0.3) is 5.91 Å². The van der Waals surface area contributed by atoms with E-state index in [1.807, 2.05) is 74.5 Å². The van der Waals surface area contributed by atoms with Gasteiger partial charge in [0.2, 0.25) is 5.95 Å². The van der Waals surface area contributed by atoms with Gasteiger partial charge in [0.1, 0.15) is 5.69 Å². The van der Waals surface area contributed by atoms with Crippen LogP contribution in [0.1, 0.15) is 40.3 Å². The first-order valence-corrected chi connectivity index (χ1v) is 8.61. The van der Waals surface area contributed by atoms with Crippen molar-refractivity contribution in [2.24, 2.45) is 0 Å². The molecule has 0 aliphatic heterocycles. The molecule has 1 atom stereocenters. The predicted octanol–water partition coefficient (Wildman–Crippen LogP) is 3.89. The fourth-order valence-electron chi connectivity index (χ4n) is 2.64. The molecule has 1 aromatic heterocycles. The molecule has 5 nitrogen and oxygen atoms in total. The van der Waals surface area contributed by atoms with Gasteiger partial charge in [0, 0.05) is 12.2 Å². The van der Waals surface area contributed by atoms with Crippen LogP contribution in [0.25, 0.3) is 0 Å². The van der Waals surface area contributed by atoms with Crippen LogP contribution in [0.2, 0.25) is 0 Å². The van der Waals surface area contributed by atoms with Crippen molar-refractivity contribution in [3.8, 4) is 0 Å². The molecule has 0 saturated heterocycles. The number of carbonyl (C=O) groups is 1. The van der Waals surface area contributed by atoms with Crippen LogP contribution in [-0.2, 0) is 6.54 Å². The second-order valence-corrected chi connectivity index (χ2v) is 6.16. The summed E-state index contributed by atoms with van der Waals surface area (Å²) in [6.07, 6.45) is 0. The van der Waals surface area contributed by atoms with Crippen molar-refractivity contribution in [3.05, 3.63) is 89.2 Å². The van der Waals surface area contributed by atoms with Crippen molar-refractivity contribution in [2.75, 3.05) is 5.32 Å². The Morgan fingerprint density at radius 1 is 1.00 bits per heavy atom. The Balaban J connectivity index is 1.69. The van der Waals surface area contributed by atoms with Gasteiger partial charge in [-0.15, -0.1) is 0 Å². The molecule has 3 rings (SSSR count). The maximum atomic E-state index is 12.4. The third-order valence-electron chi connectivity index (χ3n) is 4.03. The highest BCUT2D eigenvalue weighted by Gasteiger charge is 2.12. The van der Waals surface area contributed by atoms with Gasteiger partial charge in [-0.3, -0.25) is 4.79 Å². The third-order valence-corrected chi connectivity index (χ3v) is 4.03. The van der Waals surface area contributed by atoms with Gasteiger partial charge in [-0.25, -0.2) is 9.97 Å². The number of hydrogen-bond donors (Lipinski definition) is 2. The molecule has 132 valence electrons. The fraction of sp³-hybridized carbons (Fsp3) is 0.190. The average Bonchev–Trinajstić information content (AvgIpc) is 2.67. The van der Waals surface area contributed by atoms with Crippen LogP contribution in [-0.4, -0.2) is 15.9 Å². The zero-order valence-corrected chi connectivity index (χ0v) is 14.9. The number of benzene rings is 2. The Labute approximate surface area is 153 Å². The summed E-state index contributed by atoms with van der Waals surface area (Å²) in [5.41, 5.74) is 3.28. The van der Waals surface area contributed by atoms with Crippen molar-refractivity contribution < 1.29 is 4.79 Å². The van der Waals surface area contributed by atoms with E-state index in [0.29, 0.717) is 18.2 Å². The minimum absolute atomic E-state index is 0.0400. The minimum atomic E-state index is -0.213. The number of amides is 1. The quantitative estimate of drug-likeness (QED) is 0.711. The molecule has 0 spiro atoms. The summed E-state index contributed by atoms with van der Waals surface area (Å²) in [6.45, 7) is 4.36. The number of nitrogens with one attached hydrogen (secondary N) is 2. The first kappa shape index (κ1) is 17.6. The van der Waals surface area contributed by atoms with Crippen LogP contribution >= 0.6 is 0 Å². The summed E-state index contributed by atoms with van der Waals surface area (Å²) in [7, 11) is 0. The normalized spacial score (nSPS) is 11.6. The third kappa shape index (κ3) is 4.66. The summed E-state index contributed by atoms with van der Waals surface area (Å²) in [6, 6.07) is 21.6. The zero-order valence-electron chi connectivity index (χ0n) is 14.9. The lowest BCUT2D eigenvalue weighted by molar-refractivity contribution is 0.0945. The van der Waals surface area contributed by atoms with Gasteiger partial charge in [-0.05, 0) is 31.0 Å². The van der Waals surface area contributed by atoms with E-state index in [0.717, 1.165) is 16.8 Å². The van der Waals surface area contributed by atoms with Crippen LogP contribution < -0.4 is 10.6 Å². The van der Waals surface area contributed by atoms with E-state index < -0.39 is 0 Å². The second-order valence-electron chi connectivity index (χ2n) is 6.16. The van der Waals surface area contributed by atoms with E-state index in [2.05, 4.69) is 20.6 Å². The molecule has 2 aromatic carbocycles. The van der Waals surface area contributed by atoms with Crippen molar-refractivity contribution in [1.29, 1.82) is 0 Å². The topological polar surface area (TPSA) is 66.9 Å². The van der Waals surface area contributed by atoms with Gasteiger partial charge in [0.15, 0.2) is 0 Å². The molecule has 1 unspecified atom stereocenters. The molecule has 0 fully saturated rings. The number of nitrogens with zero attached hydrogens (tertiary/aromatic N) is 2. The number of rotatable bonds is 6. The van der Waals surface area contributed by atoms with Gasteiger partial charge < -0.3 is 10.6 Å². The molecule has 0 bridgehead atoms. The molecule has 2 N–H and O–H groups in total. The highest BCUT2D eigenvalue weighted by atomic mass is 16.1. The van der Waals surface area contributed by atoms with Gasteiger partial charge >= 0.3 is 0 Å². The van der Waals surface area contributed by atoms with E-state index in [1.54, 1.807) is 6.07 Å². The molecule has 1 amide bonds. The van der Waals surface area contributed by atoms with Crippen LogP contribution in [0.3, 0.4) is 0 Å². The fourth-order valence-corrected chi connectivity index (χ4v) is 2.64. The highest BCUT2D eigenvalue weighted by molar-refractivity contribution is 5.92. The van der Waals surface area contributed by atoms with Crippen molar-refractivity contribution >= 4 is 11.9 Å². The Morgan fingerprint density at radius 2 is 1.65 bits per heavy atom. The number of aromatic nitrogens is 2. The number of carbonyl (C=O) groups excluding carboxylic acids is 1. The number of aryl methyl sites for hydroxylation is 1. The molecule has 0 aliphatic carbocycles. The smallest absolute Gasteiger partial charge is 0.270 e. The van der Waals surface area contributed by atoms with Crippen LogP contribution in [0.4, 0.5) is 5.95 Å². The summed E-state index contributed by atoms with van der Waals surface area (Å²) in [4.78, 5) is 21.2. The van der Waals surface area contributed by atoms with Crippen molar-refractivity contribution in [2.45, 2.75) is 26.4 Å². The lowest BCUT2D eigenvalue weighted by atomic mass is 10.1. The molecule has 1 heterocycles. The summed E-state index contributed by atoms with van der Waals surface area (Å²) >= 11 is 0. The molecule has 0 saturated carbocycles. The zero-order chi connectivity index (χ0) is 18.4. The van der Waals surface area contributed by atoms with E-state index >= 15 is 0 Å². The SMILES string of the molecule is Cc1cc(C(=O)NCc2ccccc2)nc(NC(C)c2ccccc2)n1. The Morgan fingerprint density at radius 3 is 2.35 bits per heavy atom. The van der Waals surface area contributed by atoms with Crippen LogP contribution in [0.15, 0.2) is 66.7 Å². The average molecular weight is 346 g/mol. The molecular formula is C21H22N4O.